The molecule has 5 nitrogen and oxygen atoms in total. The summed E-state index contributed by atoms with van der Waals surface area (Å²) in [5.74, 6) is 0. The van der Waals surface area contributed by atoms with Crippen molar-refractivity contribution in [3.05, 3.63) is 12.7 Å². The van der Waals surface area contributed by atoms with E-state index in [-0.39, 0.29) is 6.10 Å². The number of nitrogens with one attached hydrogen (secondary N) is 1. The molecule has 0 aromatic carbocycles. The number of thiocarbonyl (C=S) groups is 1. The van der Waals surface area contributed by atoms with Crippen LogP contribution in [0.2, 0.25) is 0 Å². The highest BCUT2D eigenvalue weighted by Gasteiger charge is 2.15. The van der Waals surface area contributed by atoms with Gasteiger partial charge in [-0.3, -0.25) is 0 Å². The Labute approximate surface area is 87.5 Å². The lowest BCUT2D eigenvalue weighted by molar-refractivity contribution is 0.114. The highest BCUT2D eigenvalue weighted by molar-refractivity contribution is 7.80. The third kappa shape index (κ3) is 2.27. The van der Waals surface area contributed by atoms with Crippen LogP contribution < -0.4 is 5.32 Å². The van der Waals surface area contributed by atoms with E-state index in [1.165, 1.54) is 11.0 Å². The molecule has 1 aliphatic heterocycles. The molecule has 0 aliphatic carbocycles. The Morgan fingerprint density at radius 2 is 2.64 bits per heavy atom. The maximum absolute atomic E-state index is 5.45. The molecule has 6 heteroatoms. The standard InChI is InChI=1S/C8H12N4OS/c14-8(12-6-9-5-11-12)10-4-7-2-1-3-13-7/h5-7H,1-4H2,(H,10,14). The highest BCUT2D eigenvalue weighted by Crippen LogP contribution is 2.10. The predicted molar refractivity (Wildman–Crippen MR) is 55.0 cm³/mol. The van der Waals surface area contributed by atoms with Crippen LogP contribution in [0, 0.1) is 0 Å². The van der Waals surface area contributed by atoms with Gasteiger partial charge in [0, 0.05) is 13.2 Å². The van der Waals surface area contributed by atoms with E-state index in [2.05, 4.69) is 15.4 Å². The lowest BCUT2D eigenvalue weighted by Gasteiger charge is -2.11. The summed E-state index contributed by atoms with van der Waals surface area (Å²) in [7, 11) is 0. The number of ether oxygens (including phenoxy) is 1. The molecule has 1 unspecified atom stereocenters. The molecule has 1 aromatic rings. The zero-order valence-electron chi connectivity index (χ0n) is 7.72. The lowest BCUT2D eigenvalue weighted by Crippen LogP contribution is -2.34. The molecule has 2 rings (SSSR count). The van der Waals surface area contributed by atoms with Crippen molar-refractivity contribution < 1.29 is 4.74 Å². The van der Waals surface area contributed by atoms with E-state index in [0.717, 1.165) is 26.0 Å². The Kier molecular flexibility index (Phi) is 3.05. The third-order valence-electron chi connectivity index (χ3n) is 2.13. The maximum Gasteiger partial charge on any atom is 0.195 e. The Bertz CT molecular complexity index is 294. The zero-order chi connectivity index (χ0) is 9.80. The number of rotatable bonds is 2. The van der Waals surface area contributed by atoms with Gasteiger partial charge in [0.15, 0.2) is 5.11 Å². The fourth-order valence-electron chi connectivity index (χ4n) is 1.40. The molecule has 1 aliphatic rings. The molecule has 0 bridgehead atoms. The van der Waals surface area contributed by atoms with Gasteiger partial charge in [-0.1, -0.05) is 0 Å². The second-order valence-corrected chi connectivity index (χ2v) is 3.55. The van der Waals surface area contributed by atoms with E-state index in [4.69, 9.17) is 17.0 Å². The fourth-order valence-corrected chi connectivity index (χ4v) is 1.58. The van der Waals surface area contributed by atoms with Crippen LogP contribution in [0.15, 0.2) is 12.7 Å². The first kappa shape index (κ1) is 9.54. The summed E-state index contributed by atoms with van der Waals surface area (Å²) in [6.07, 6.45) is 5.57. The average Bonchev–Trinajstić information content (AvgIpc) is 2.87. The number of aromatic nitrogens is 3. The van der Waals surface area contributed by atoms with Crippen LogP contribution in [-0.2, 0) is 4.74 Å². The van der Waals surface area contributed by atoms with Gasteiger partial charge in [-0.2, -0.15) is 9.78 Å². The first-order valence-electron chi connectivity index (χ1n) is 4.60. The topological polar surface area (TPSA) is 52.0 Å². The maximum atomic E-state index is 5.45. The van der Waals surface area contributed by atoms with Gasteiger partial charge >= 0.3 is 0 Å². The minimum atomic E-state index is 0.288. The molecule has 0 amide bonds. The van der Waals surface area contributed by atoms with Gasteiger partial charge in [0.25, 0.3) is 0 Å². The Morgan fingerprint density at radius 3 is 3.29 bits per heavy atom. The van der Waals surface area contributed by atoms with Crippen molar-refractivity contribution in [2.45, 2.75) is 18.9 Å². The summed E-state index contributed by atoms with van der Waals surface area (Å²) >= 11 is 5.10. The molecular formula is C8H12N4OS. The molecule has 0 saturated carbocycles. The largest absolute Gasteiger partial charge is 0.376 e. The Balaban J connectivity index is 1.78. The summed E-state index contributed by atoms with van der Waals surface area (Å²) in [5, 5.41) is 7.58. The van der Waals surface area contributed by atoms with Gasteiger partial charge in [-0.25, -0.2) is 4.98 Å². The van der Waals surface area contributed by atoms with Crippen LogP contribution in [0.5, 0.6) is 0 Å². The van der Waals surface area contributed by atoms with Crippen molar-refractivity contribution in [1.82, 2.24) is 20.1 Å². The molecule has 1 fully saturated rings. The Hall–Kier alpha value is -1.01. The summed E-state index contributed by atoms with van der Waals surface area (Å²) < 4.78 is 6.99. The monoisotopic (exact) mass is 212 g/mol. The van der Waals surface area contributed by atoms with Crippen molar-refractivity contribution in [2.75, 3.05) is 13.2 Å². The minimum Gasteiger partial charge on any atom is -0.376 e. The van der Waals surface area contributed by atoms with E-state index in [1.807, 2.05) is 0 Å². The van der Waals surface area contributed by atoms with Gasteiger partial charge in [0.05, 0.1) is 6.10 Å². The van der Waals surface area contributed by atoms with E-state index >= 15 is 0 Å². The molecule has 1 N–H and O–H groups in total. The lowest BCUT2D eigenvalue weighted by atomic mass is 10.2. The van der Waals surface area contributed by atoms with Crippen LogP contribution >= 0.6 is 12.2 Å². The van der Waals surface area contributed by atoms with Crippen molar-refractivity contribution in [1.29, 1.82) is 0 Å². The quantitative estimate of drug-likeness (QED) is 0.709. The number of nitrogens with zero attached hydrogens (tertiary/aromatic N) is 3. The van der Waals surface area contributed by atoms with Gasteiger partial charge in [0.2, 0.25) is 0 Å². The number of hydrogen-bond donors (Lipinski definition) is 1. The van der Waals surface area contributed by atoms with Gasteiger partial charge < -0.3 is 10.1 Å². The first-order valence-corrected chi connectivity index (χ1v) is 5.01. The van der Waals surface area contributed by atoms with Gasteiger partial charge in [-0.05, 0) is 25.1 Å². The van der Waals surface area contributed by atoms with E-state index in [0.29, 0.717) is 5.11 Å². The van der Waals surface area contributed by atoms with Crippen molar-refractivity contribution in [3.63, 3.8) is 0 Å². The molecular weight excluding hydrogens is 200 g/mol. The van der Waals surface area contributed by atoms with E-state index in [1.54, 1.807) is 6.33 Å². The molecule has 14 heavy (non-hydrogen) atoms. The van der Waals surface area contributed by atoms with Crippen LogP contribution in [0.3, 0.4) is 0 Å². The first-order chi connectivity index (χ1) is 6.86. The summed E-state index contributed by atoms with van der Waals surface area (Å²) in [4.78, 5) is 3.82. The molecule has 0 spiro atoms. The highest BCUT2D eigenvalue weighted by atomic mass is 32.1. The number of hydrogen-bond acceptors (Lipinski definition) is 4. The Morgan fingerprint density at radius 1 is 1.71 bits per heavy atom. The van der Waals surface area contributed by atoms with E-state index < -0.39 is 0 Å². The summed E-state index contributed by atoms with van der Waals surface area (Å²) in [6, 6.07) is 0. The molecule has 1 saturated heterocycles. The summed E-state index contributed by atoms with van der Waals surface area (Å²) in [5.41, 5.74) is 0. The van der Waals surface area contributed by atoms with Crippen LogP contribution in [-0.4, -0.2) is 39.1 Å². The molecule has 1 aromatic heterocycles. The predicted octanol–water partition coefficient (Wildman–Crippen LogP) is 0.180. The smallest absolute Gasteiger partial charge is 0.195 e. The van der Waals surface area contributed by atoms with E-state index in [9.17, 15) is 0 Å². The molecule has 76 valence electrons. The minimum absolute atomic E-state index is 0.288. The van der Waals surface area contributed by atoms with Gasteiger partial charge in [-0.15, -0.1) is 0 Å². The normalized spacial score (nSPS) is 21.0. The fraction of sp³-hybridized carbons (Fsp3) is 0.625. The van der Waals surface area contributed by atoms with Crippen LogP contribution in [0.1, 0.15) is 12.8 Å². The molecule has 0 radical (unpaired) electrons. The SMILES string of the molecule is S=C(NCC1CCCO1)n1cncn1. The zero-order valence-corrected chi connectivity index (χ0v) is 8.54. The van der Waals surface area contributed by atoms with Crippen molar-refractivity contribution in [2.24, 2.45) is 0 Å². The average molecular weight is 212 g/mol. The molecule has 2 heterocycles. The summed E-state index contributed by atoms with van der Waals surface area (Å²) in [6.45, 7) is 1.61. The van der Waals surface area contributed by atoms with Crippen LogP contribution in [0.25, 0.3) is 0 Å². The second-order valence-electron chi connectivity index (χ2n) is 3.16. The second kappa shape index (κ2) is 4.47. The van der Waals surface area contributed by atoms with Crippen molar-refractivity contribution >= 4 is 17.3 Å². The van der Waals surface area contributed by atoms with Crippen LogP contribution in [0.4, 0.5) is 0 Å². The van der Waals surface area contributed by atoms with Gasteiger partial charge in [0.1, 0.15) is 12.7 Å². The molecule has 1 atom stereocenters. The van der Waals surface area contributed by atoms with Crippen molar-refractivity contribution in [3.8, 4) is 0 Å². The third-order valence-corrected chi connectivity index (χ3v) is 2.46.